The maximum absolute atomic E-state index is 5.10. The second-order valence-corrected chi connectivity index (χ2v) is 4.00. The maximum atomic E-state index is 5.10. The van der Waals surface area contributed by atoms with Gasteiger partial charge in [0.15, 0.2) is 5.82 Å². The van der Waals surface area contributed by atoms with Crippen molar-refractivity contribution in [2.75, 3.05) is 11.9 Å². The van der Waals surface area contributed by atoms with Crippen LogP contribution in [-0.2, 0) is 6.54 Å². The highest BCUT2D eigenvalue weighted by atomic mass is 16.5. The number of aryl methyl sites for hydroxylation is 2. The van der Waals surface area contributed by atoms with E-state index in [1.165, 1.54) is 0 Å². The SMILES string of the molecule is CCCNc1nc(C)cn1Cc1nc(C)no1. The van der Waals surface area contributed by atoms with Crippen LogP contribution in [0.5, 0.6) is 0 Å². The molecule has 0 saturated carbocycles. The van der Waals surface area contributed by atoms with E-state index in [0.717, 1.165) is 24.6 Å². The Hall–Kier alpha value is -1.85. The van der Waals surface area contributed by atoms with E-state index in [2.05, 4.69) is 27.4 Å². The zero-order chi connectivity index (χ0) is 12.3. The Bertz CT molecular complexity index is 488. The molecule has 0 bridgehead atoms. The van der Waals surface area contributed by atoms with Crippen LogP contribution in [0.1, 0.15) is 30.8 Å². The van der Waals surface area contributed by atoms with Gasteiger partial charge in [-0.3, -0.25) is 0 Å². The maximum Gasteiger partial charge on any atom is 0.246 e. The summed E-state index contributed by atoms with van der Waals surface area (Å²) in [5.74, 6) is 2.10. The Kier molecular flexibility index (Phi) is 3.41. The van der Waals surface area contributed by atoms with Gasteiger partial charge in [0.2, 0.25) is 11.8 Å². The first kappa shape index (κ1) is 11.6. The summed E-state index contributed by atoms with van der Waals surface area (Å²) in [5.41, 5.74) is 0.972. The Balaban J connectivity index is 2.14. The molecule has 17 heavy (non-hydrogen) atoms. The lowest BCUT2D eigenvalue weighted by atomic mass is 10.5. The van der Waals surface area contributed by atoms with Crippen LogP contribution in [0, 0.1) is 13.8 Å². The van der Waals surface area contributed by atoms with Gasteiger partial charge in [-0.1, -0.05) is 12.1 Å². The normalized spacial score (nSPS) is 10.8. The van der Waals surface area contributed by atoms with Crippen molar-refractivity contribution in [3.63, 3.8) is 0 Å². The van der Waals surface area contributed by atoms with Gasteiger partial charge in [0.1, 0.15) is 6.54 Å². The highest BCUT2D eigenvalue weighted by Crippen LogP contribution is 2.11. The second-order valence-electron chi connectivity index (χ2n) is 4.00. The van der Waals surface area contributed by atoms with Crippen molar-refractivity contribution in [2.45, 2.75) is 33.7 Å². The summed E-state index contributed by atoms with van der Waals surface area (Å²) in [7, 11) is 0. The summed E-state index contributed by atoms with van der Waals surface area (Å²) in [6.07, 6.45) is 3.03. The van der Waals surface area contributed by atoms with E-state index in [-0.39, 0.29) is 0 Å². The van der Waals surface area contributed by atoms with Gasteiger partial charge in [0.25, 0.3) is 0 Å². The molecule has 6 nitrogen and oxygen atoms in total. The monoisotopic (exact) mass is 235 g/mol. The number of nitrogens with one attached hydrogen (secondary N) is 1. The van der Waals surface area contributed by atoms with Crippen molar-refractivity contribution >= 4 is 5.95 Å². The summed E-state index contributed by atoms with van der Waals surface area (Å²) in [6.45, 7) is 7.34. The minimum Gasteiger partial charge on any atom is -0.356 e. The highest BCUT2D eigenvalue weighted by Gasteiger charge is 2.09. The van der Waals surface area contributed by atoms with Crippen LogP contribution in [0.2, 0.25) is 0 Å². The lowest BCUT2D eigenvalue weighted by Crippen LogP contribution is -2.08. The predicted molar refractivity (Wildman–Crippen MR) is 63.9 cm³/mol. The molecule has 0 radical (unpaired) electrons. The van der Waals surface area contributed by atoms with E-state index in [1.807, 2.05) is 24.6 Å². The molecule has 2 rings (SSSR count). The van der Waals surface area contributed by atoms with Crippen LogP contribution in [0.15, 0.2) is 10.7 Å². The molecule has 0 amide bonds. The second kappa shape index (κ2) is 4.99. The summed E-state index contributed by atoms with van der Waals surface area (Å²) in [6, 6.07) is 0. The van der Waals surface area contributed by atoms with Gasteiger partial charge in [-0.2, -0.15) is 4.98 Å². The lowest BCUT2D eigenvalue weighted by Gasteiger charge is -2.06. The van der Waals surface area contributed by atoms with Crippen molar-refractivity contribution in [3.8, 4) is 0 Å². The lowest BCUT2D eigenvalue weighted by molar-refractivity contribution is 0.368. The van der Waals surface area contributed by atoms with Gasteiger partial charge in [-0.15, -0.1) is 0 Å². The summed E-state index contributed by atoms with van der Waals surface area (Å²) in [5, 5.41) is 7.04. The first-order valence-corrected chi connectivity index (χ1v) is 5.76. The van der Waals surface area contributed by atoms with Crippen LogP contribution in [0.25, 0.3) is 0 Å². The van der Waals surface area contributed by atoms with Crippen LogP contribution in [-0.4, -0.2) is 26.2 Å². The van der Waals surface area contributed by atoms with E-state index in [4.69, 9.17) is 4.52 Å². The number of hydrogen-bond donors (Lipinski definition) is 1. The van der Waals surface area contributed by atoms with Gasteiger partial charge in [-0.05, 0) is 20.3 Å². The molecule has 0 aliphatic heterocycles. The van der Waals surface area contributed by atoms with E-state index in [0.29, 0.717) is 18.3 Å². The van der Waals surface area contributed by atoms with Crippen molar-refractivity contribution in [3.05, 3.63) is 23.6 Å². The Labute approximate surface area is 100 Å². The third-order valence-electron chi connectivity index (χ3n) is 2.31. The fourth-order valence-corrected chi connectivity index (χ4v) is 1.60. The fourth-order valence-electron chi connectivity index (χ4n) is 1.60. The molecule has 92 valence electrons. The Morgan fingerprint density at radius 2 is 2.18 bits per heavy atom. The topological polar surface area (TPSA) is 68.8 Å². The fraction of sp³-hybridized carbons (Fsp3) is 0.545. The highest BCUT2D eigenvalue weighted by molar-refractivity contribution is 5.29. The number of anilines is 1. The van der Waals surface area contributed by atoms with Gasteiger partial charge < -0.3 is 14.4 Å². The van der Waals surface area contributed by atoms with Crippen LogP contribution in [0.3, 0.4) is 0 Å². The van der Waals surface area contributed by atoms with Crippen LogP contribution >= 0.6 is 0 Å². The Morgan fingerprint density at radius 1 is 1.35 bits per heavy atom. The van der Waals surface area contributed by atoms with E-state index >= 15 is 0 Å². The molecule has 1 N–H and O–H groups in total. The van der Waals surface area contributed by atoms with Crippen LogP contribution in [0.4, 0.5) is 5.95 Å². The molecule has 0 aliphatic rings. The average molecular weight is 235 g/mol. The van der Waals surface area contributed by atoms with Gasteiger partial charge in [-0.25, -0.2) is 4.98 Å². The molecule has 2 aromatic heterocycles. The molecular formula is C11H17N5O. The third kappa shape index (κ3) is 2.83. The molecule has 2 heterocycles. The number of nitrogens with zero attached hydrogens (tertiary/aromatic N) is 4. The molecule has 0 aromatic carbocycles. The van der Waals surface area contributed by atoms with E-state index in [9.17, 15) is 0 Å². The molecule has 6 heteroatoms. The van der Waals surface area contributed by atoms with E-state index in [1.54, 1.807) is 0 Å². The minimum absolute atomic E-state index is 0.549. The number of aromatic nitrogens is 4. The first-order chi connectivity index (χ1) is 8.19. The summed E-state index contributed by atoms with van der Waals surface area (Å²) in [4.78, 5) is 8.60. The molecule has 2 aromatic rings. The van der Waals surface area contributed by atoms with Gasteiger partial charge >= 0.3 is 0 Å². The summed E-state index contributed by atoms with van der Waals surface area (Å²) < 4.78 is 7.08. The molecule has 0 spiro atoms. The molecular weight excluding hydrogens is 218 g/mol. The van der Waals surface area contributed by atoms with Crippen molar-refractivity contribution in [2.24, 2.45) is 0 Å². The van der Waals surface area contributed by atoms with Crippen molar-refractivity contribution in [1.82, 2.24) is 19.7 Å². The quantitative estimate of drug-likeness (QED) is 0.855. The predicted octanol–water partition coefficient (Wildman–Crippen LogP) is 1.75. The number of rotatable bonds is 5. The zero-order valence-electron chi connectivity index (χ0n) is 10.4. The summed E-state index contributed by atoms with van der Waals surface area (Å²) >= 11 is 0. The van der Waals surface area contributed by atoms with Crippen molar-refractivity contribution < 1.29 is 4.52 Å². The standard InChI is InChI=1S/C11H17N5O/c1-4-5-12-11-13-8(2)6-16(11)7-10-14-9(3)15-17-10/h6H,4-5,7H2,1-3H3,(H,12,13). The molecule has 0 unspecified atom stereocenters. The molecule has 0 saturated heterocycles. The average Bonchev–Trinajstić information content (AvgIpc) is 2.83. The third-order valence-corrected chi connectivity index (χ3v) is 2.31. The largest absolute Gasteiger partial charge is 0.356 e. The number of hydrogen-bond acceptors (Lipinski definition) is 5. The van der Waals surface area contributed by atoms with Gasteiger partial charge in [0.05, 0.1) is 5.69 Å². The molecule has 0 aliphatic carbocycles. The Morgan fingerprint density at radius 3 is 2.82 bits per heavy atom. The minimum atomic E-state index is 0.549. The van der Waals surface area contributed by atoms with Crippen LogP contribution < -0.4 is 5.32 Å². The number of imidazole rings is 1. The van der Waals surface area contributed by atoms with E-state index < -0.39 is 0 Å². The smallest absolute Gasteiger partial charge is 0.246 e. The molecule has 0 fully saturated rings. The first-order valence-electron chi connectivity index (χ1n) is 5.76. The molecule has 0 atom stereocenters. The van der Waals surface area contributed by atoms with Gasteiger partial charge in [0, 0.05) is 12.7 Å². The van der Waals surface area contributed by atoms with Crippen molar-refractivity contribution in [1.29, 1.82) is 0 Å². The zero-order valence-corrected chi connectivity index (χ0v) is 10.4.